The number of carbonyl (C=O) groups excluding carboxylic acids is 1. The minimum atomic E-state index is -0.172. The summed E-state index contributed by atoms with van der Waals surface area (Å²) in [5, 5.41) is 3.01. The van der Waals surface area contributed by atoms with Gasteiger partial charge in [0, 0.05) is 43.3 Å². The monoisotopic (exact) mass is 327 g/mol. The first-order valence-electron chi connectivity index (χ1n) is 8.42. The van der Waals surface area contributed by atoms with Gasteiger partial charge in [0.2, 0.25) is 5.91 Å². The quantitative estimate of drug-likeness (QED) is 0.868. The molecule has 0 unspecified atom stereocenters. The number of hydrogen-bond acceptors (Lipinski definition) is 4. The van der Waals surface area contributed by atoms with Crippen LogP contribution in [0.15, 0.2) is 42.7 Å². The predicted molar refractivity (Wildman–Crippen MR) is 93.6 cm³/mol. The van der Waals surface area contributed by atoms with E-state index in [9.17, 15) is 4.79 Å². The Balaban J connectivity index is 1.78. The van der Waals surface area contributed by atoms with Crippen LogP contribution in [-0.4, -0.2) is 45.0 Å². The highest BCUT2D eigenvalue weighted by molar-refractivity contribution is 5.82. The van der Waals surface area contributed by atoms with Crippen molar-refractivity contribution in [1.82, 2.24) is 19.8 Å². The lowest BCUT2D eigenvalue weighted by atomic mass is 10.1. The second-order valence-corrected chi connectivity index (χ2v) is 6.66. The summed E-state index contributed by atoms with van der Waals surface area (Å²) in [5.74, 6) is 0.943. The van der Waals surface area contributed by atoms with Gasteiger partial charge in [-0.3, -0.25) is 9.69 Å². The SMILES string of the molecule is CC(C)NC(=O)[C@@H]1C[C@H](N)CN1Cc1cccn1-c1ccccn1. The van der Waals surface area contributed by atoms with Crippen molar-refractivity contribution in [3.63, 3.8) is 0 Å². The summed E-state index contributed by atoms with van der Waals surface area (Å²) in [5.41, 5.74) is 7.22. The molecule has 3 heterocycles. The molecule has 0 spiro atoms. The molecule has 6 heteroatoms. The summed E-state index contributed by atoms with van der Waals surface area (Å²) in [6.45, 7) is 5.35. The molecule has 6 nitrogen and oxygen atoms in total. The fourth-order valence-electron chi connectivity index (χ4n) is 3.24. The predicted octanol–water partition coefficient (Wildman–Crippen LogP) is 1.30. The third kappa shape index (κ3) is 3.66. The van der Waals surface area contributed by atoms with Crippen LogP contribution in [0.5, 0.6) is 0 Å². The van der Waals surface area contributed by atoms with Crippen LogP contribution < -0.4 is 11.1 Å². The van der Waals surface area contributed by atoms with Gasteiger partial charge in [0.25, 0.3) is 0 Å². The van der Waals surface area contributed by atoms with E-state index in [1.807, 2.05) is 44.3 Å². The van der Waals surface area contributed by atoms with E-state index in [4.69, 9.17) is 5.73 Å². The smallest absolute Gasteiger partial charge is 0.237 e. The van der Waals surface area contributed by atoms with Crippen molar-refractivity contribution in [2.75, 3.05) is 6.54 Å². The maximum atomic E-state index is 12.5. The molecule has 2 aromatic rings. The molecule has 1 saturated heterocycles. The third-order valence-corrected chi connectivity index (χ3v) is 4.26. The van der Waals surface area contributed by atoms with E-state index < -0.39 is 0 Å². The van der Waals surface area contributed by atoms with Crippen molar-refractivity contribution in [2.45, 2.75) is 44.9 Å². The highest BCUT2D eigenvalue weighted by atomic mass is 16.2. The standard InChI is InChI=1S/C18H25N5O/c1-13(2)21-18(24)16-10-14(19)11-22(16)12-15-6-5-9-23(15)17-7-3-4-8-20-17/h3-9,13-14,16H,10-12,19H2,1-2H3,(H,21,24)/t14-,16-/m0/s1. The molecule has 1 amide bonds. The van der Waals surface area contributed by atoms with Crippen molar-refractivity contribution in [3.8, 4) is 5.82 Å². The van der Waals surface area contributed by atoms with Gasteiger partial charge in [0.15, 0.2) is 0 Å². The molecular formula is C18H25N5O. The molecule has 0 aromatic carbocycles. The Hall–Kier alpha value is -2.18. The van der Waals surface area contributed by atoms with Gasteiger partial charge < -0.3 is 15.6 Å². The fraction of sp³-hybridized carbons (Fsp3) is 0.444. The highest BCUT2D eigenvalue weighted by Gasteiger charge is 2.35. The molecule has 128 valence electrons. The van der Waals surface area contributed by atoms with E-state index in [0.717, 1.165) is 18.1 Å². The highest BCUT2D eigenvalue weighted by Crippen LogP contribution is 2.21. The Morgan fingerprint density at radius 2 is 2.21 bits per heavy atom. The average Bonchev–Trinajstić information content (AvgIpc) is 3.14. The average molecular weight is 327 g/mol. The Bertz CT molecular complexity index is 682. The van der Waals surface area contributed by atoms with Crippen molar-refractivity contribution >= 4 is 5.91 Å². The van der Waals surface area contributed by atoms with E-state index in [1.54, 1.807) is 6.20 Å². The van der Waals surface area contributed by atoms with Gasteiger partial charge in [-0.15, -0.1) is 0 Å². The van der Waals surface area contributed by atoms with Crippen molar-refractivity contribution < 1.29 is 4.79 Å². The van der Waals surface area contributed by atoms with Gasteiger partial charge >= 0.3 is 0 Å². The van der Waals surface area contributed by atoms with Crippen LogP contribution in [0, 0.1) is 0 Å². The molecule has 2 atom stereocenters. The van der Waals surface area contributed by atoms with Gasteiger partial charge in [0.05, 0.1) is 6.04 Å². The minimum absolute atomic E-state index is 0.0335. The van der Waals surface area contributed by atoms with Crippen LogP contribution in [0.2, 0.25) is 0 Å². The van der Waals surface area contributed by atoms with Crippen LogP contribution in [-0.2, 0) is 11.3 Å². The minimum Gasteiger partial charge on any atom is -0.353 e. The van der Waals surface area contributed by atoms with Crippen LogP contribution in [0.4, 0.5) is 0 Å². The van der Waals surface area contributed by atoms with Crippen molar-refractivity contribution in [1.29, 1.82) is 0 Å². The van der Waals surface area contributed by atoms with Crippen LogP contribution in [0.25, 0.3) is 5.82 Å². The number of rotatable bonds is 5. The van der Waals surface area contributed by atoms with E-state index in [-0.39, 0.29) is 24.0 Å². The van der Waals surface area contributed by atoms with Crippen LogP contribution in [0.1, 0.15) is 26.0 Å². The first-order valence-corrected chi connectivity index (χ1v) is 8.42. The number of nitrogens with zero attached hydrogens (tertiary/aromatic N) is 3. The first-order chi connectivity index (χ1) is 11.5. The summed E-state index contributed by atoms with van der Waals surface area (Å²) in [6.07, 6.45) is 4.48. The van der Waals surface area contributed by atoms with E-state index in [2.05, 4.69) is 25.8 Å². The Labute approximate surface area is 142 Å². The summed E-state index contributed by atoms with van der Waals surface area (Å²) in [6, 6.07) is 9.91. The number of nitrogens with two attached hydrogens (primary N) is 1. The molecule has 0 bridgehead atoms. The molecule has 3 N–H and O–H groups in total. The second kappa shape index (κ2) is 7.15. The molecule has 3 rings (SSSR count). The number of carbonyl (C=O) groups is 1. The summed E-state index contributed by atoms with van der Waals surface area (Å²) >= 11 is 0. The Kier molecular flexibility index (Phi) is 4.97. The molecular weight excluding hydrogens is 302 g/mol. The lowest BCUT2D eigenvalue weighted by molar-refractivity contribution is -0.126. The number of aromatic nitrogens is 2. The normalized spacial score (nSPS) is 21.3. The zero-order valence-corrected chi connectivity index (χ0v) is 14.2. The number of nitrogens with one attached hydrogen (secondary N) is 1. The lowest BCUT2D eigenvalue weighted by Gasteiger charge is -2.25. The van der Waals surface area contributed by atoms with Gasteiger partial charge in [0.1, 0.15) is 5.82 Å². The molecule has 0 aliphatic carbocycles. The Morgan fingerprint density at radius 3 is 2.92 bits per heavy atom. The lowest BCUT2D eigenvalue weighted by Crippen LogP contribution is -2.45. The third-order valence-electron chi connectivity index (χ3n) is 4.26. The summed E-state index contributed by atoms with van der Waals surface area (Å²) in [7, 11) is 0. The van der Waals surface area contributed by atoms with Crippen molar-refractivity contribution in [3.05, 3.63) is 48.4 Å². The second-order valence-electron chi connectivity index (χ2n) is 6.66. The Morgan fingerprint density at radius 1 is 1.38 bits per heavy atom. The molecule has 0 saturated carbocycles. The number of likely N-dealkylation sites (tertiary alicyclic amines) is 1. The van der Waals surface area contributed by atoms with E-state index in [0.29, 0.717) is 13.0 Å². The maximum absolute atomic E-state index is 12.5. The van der Waals surface area contributed by atoms with Crippen molar-refractivity contribution in [2.24, 2.45) is 5.73 Å². The van der Waals surface area contributed by atoms with Crippen LogP contribution >= 0.6 is 0 Å². The number of amides is 1. The number of hydrogen-bond donors (Lipinski definition) is 2. The van der Waals surface area contributed by atoms with Gasteiger partial charge in [-0.05, 0) is 44.5 Å². The zero-order chi connectivity index (χ0) is 17.1. The molecule has 1 aliphatic heterocycles. The molecule has 24 heavy (non-hydrogen) atoms. The van der Waals surface area contributed by atoms with Gasteiger partial charge in [-0.2, -0.15) is 0 Å². The zero-order valence-electron chi connectivity index (χ0n) is 14.2. The topological polar surface area (TPSA) is 76.2 Å². The van der Waals surface area contributed by atoms with E-state index in [1.165, 1.54) is 0 Å². The summed E-state index contributed by atoms with van der Waals surface area (Å²) < 4.78 is 2.06. The van der Waals surface area contributed by atoms with E-state index >= 15 is 0 Å². The van der Waals surface area contributed by atoms with Crippen LogP contribution in [0.3, 0.4) is 0 Å². The molecule has 1 fully saturated rings. The van der Waals surface area contributed by atoms with Gasteiger partial charge in [-0.1, -0.05) is 6.07 Å². The number of pyridine rings is 1. The maximum Gasteiger partial charge on any atom is 0.237 e. The molecule has 0 radical (unpaired) electrons. The largest absolute Gasteiger partial charge is 0.353 e. The first kappa shape index (κ1) is 16.7. The van der Waals surface area contributed by atoms with Gasteiger partial charge in [-0.25, -0.2) is 4.98 Å². The fourth-order valence-corrected chi connectivity index (χ4v) is 3.24. The molecule has 1 aliphatic rings. The summed E-state index contributed by atoms with van der Waals surface area (Å²) in [4.78, 5) is 19.0. The molecule has 2 aromatic heterocycles.